The molecule has 2 amide bonds. The Kier molecular flexibility index (Phi) is 8.80. The molecule has 35 heavy (non-hydrogen) atoms. The molecule has 0 bridgehead atoms. The van der Waals surface area contributed by atoms with E-state index in [1.165, 1.54) is 0 Å². The van der Waals surface area contributed by atoms with Gasteiger partial charge in [-0.3, -0.25) is 14.4 Å². The number of hydrogen-bond acceptors (Lipinski definition) is 6. The van der Waals surface area contributed by atoms with Gasteiger partial charge >= 0.3 is 0 Å². The van der Waals surface area contributed by atoms with E-state index in [0.717, 1.165) is 56.3 Å². The summed E-state index contributed by atoms with van der Waals surface area (Å²) in [5.74, 6) is 0.810. The minimum Gasteiger partial charge on any atom is -0.478 e. The number of aryl methyl sites for hydroxylation is 1. The number of piperidine rings is 1. The van der Waals surface area contributed by atoms with Crippen molar-refractivity contribution in [1.82, 2.24) is 15.5 Å². The number of benzene rings is 1. The van der Waals surface area contributed by atoms with E-state index in [2.05, 4.69) is 24.5 Å². The van der Waals surface area contributed by atoms with Gasteiger partial charge in [0.15, 0.2) is 11.9 Å². The zero-order valence-corrected chi connectivity index (χ0v) is 22.1. The van der Waals surface area contributed by atoms with Gasteiger partial charge in [-0.25, -0.2) is 0 Å². The van der Waals surface area contributed by atoms with Crippen LogP contribution in [-0.4, -0.2) is 73.9 Å². The van der Waals surface area contributed by atoms with E-state index >= 15 is 0 Å². The van der Waals surface area contributed by atoms with Crippen molar-refractivity contribution in [2.24, 2.45) is 5.92 Å². The summed E-state index contributed by atoms with van der Waals surface area (Å²) >= 11 is 0. The third-order valence-electron chi connectivity index (χ3n) is 6.75. The van der Waals surface area contributed by atoms with E-state index < -0.39 is 5.60 Å². The molecule has 1 aliphatic carbocycles. The lowest BCUT2D eigenvalue weighted by Gasteiger charge is -2.38. The van der Waals surface area contributed by atoms with Crippen molar-refractivity contribution in [1.29, 1.82) is 0 Å². The summed E-state index contributed by atoms with van der Waals surface area (Å²) in [6.45, 7) is 12.3. The Morgan fingerprint density at radius 3 is 2.54 bits per heavy atom. The van der Waals surface area contributed by atoms with E-state index in [0.29, 0.717) is 24.4 Å². The molecular formula is C27H42N4O4. The smallest absolute Gasteiger partial charge is 0.254 e. The van der Waals surface area contributed by atoms with Crippen LogP contribution in [0.5, 0.6) is 5.75 Å². The van der Waals surface area contributed by atoms with Crippen LogP contribution in [0.2, 0.25) is 0 Å². The fraction of sp³-hybridized carbons (Fsp3) is 0.667. The molecule has 1 saturated carbocycles. The number of rotatable bonds is 11. The summed E-state index contributed by atoms with van der Waals surface area (Å²) in [4.78, 5) is 41.4. The molecule has 0 spiro atoms. The van der Waals surface area contributed by atoms with Gasteiger partial charge in [-0.15, -0.1) is 0 Å². The van der Waals surface area contributed by atoms with Crippen LogP contribution in [0.15, 0.2) is 12.1 Å². The lowest BCUT2D eigenvalue weighted by molar-refractivity contribution is -0.122. The molecule has 1 saturated heterocycles. The Labute approximate surface area is 209 Å². The number of amides is 2. The molecule has 1 aromatic rings. The lowest BCUT2D eigenvalue weighted by atomic mass is 9.99. The number of anilines is 1. The van der Waals surface area contributed by atoms with Crippen LogP contribution in [0, 0.1) is 12.8 Å². The molecule has 1 atom stereocenters. The van der Waals surface area contributed by atoms with Gasteiger partial charge in [-0.1, -0.05) is 0 Å². The van der Waals surface area contributed by atoms with Crippen LogP contribution in [-0.2, 0) is 9.59 Å². The molecule has 0 aromatic heterocycles. The van der Waals surface area contributed by atoms with Gasteiger partial charge in [0.1, 0.15) is 5.75 Å². The van der Waals surface area contributed by atoms with Crippen LogP contribution in [0.3, 0.4) is 0 Å². The highest BCUT2D eigenvalue weighted by atomic mass is 16.5. The Morgan fingerprint density at radius 1 is 1.26 bits per heavy atom. The van der Waals surface area contributed by atoms with Crippen molar-refractivity contribution in [2.45, 2.75) is 78.0 Å². The molecular weight excluding hydrogens is 444 g/mol. The summed E-state index contributed by atoms with van der Waals surface area (Å²) < 4.78 is 6.09. The van der Waals surface area contributed by atoms with Gasteiger partial charge in [-0.2, -0.15) is 0 Å². The highest BCUT2D eigenvalue weighted by Gasteiger charge is 2.31. The molecule has 0 unspecified atom stereocenters. The average molecular weight is 487 g/mol. The Morgan fingerprint density at radius 2 is 1.97 bits per heavy atom. The topological polar surface area (TPSA) is 91.0 Å². The van der Waals surface area contributed by atoms with Crippen molar-refractivity contribution < 1.29 is 19.1 Å². The number of nitrogens with one attached hydrogen (secondary N) is 2. The minimum absolute atomic E-state index is 0.00378. The molecule has 0 radical (unpaired) electrons. The predicted octanol–water partition coefficient (Wildman–Crippen LogP) is 2.92. The number of hydrogen-bond donors (Lipinski definition) is 2. The van der Waals surface area contributed by atoms with Gasteiger partial charge in [0.2, 0.25) is 5.91 Å². The van der Waals surface area contributed by atoms with Crippen LogP contribution in [0.4, 0.5) is 5.69 Å². The number of aldehydes is 1. The quantitative estimate of drug-likeness (QED) is 0.468. The number of ether oxygens (including phenoxy) is 1. The molecule has 8 nitrogen and oxygen atoms in total. The van der Waals surface area contributed by atoms with Gasteiger partial charge in [0.25, 0.3) is 5.91 Å². The van der Waals surface area contributed by atoms with Crippen molar-refractivity contribution in [2.75, 3.05) is 38.1 Å². The fourth-order valence-electron chi connectivity index (χ4n) is 4.58. The van der Waals surface area contributed by atoms with Crippen LogP contribution < -0.4 is 20.3 Å². The maximum atomic E-state index is 13.8. The number of nitrogens with zero attached hydrogens (tertiary/aromatic N) is 2. The Balaban J connectivity index is 1.89. The van der Waals surface area contributed by atoms with Gasteiger partial charge < -0.3 is 25.2 Å². The SMILES string of the molecule is Cc1cc(OC(C)(C)C=O)c(N(C)CCNC(=O)C2CC2)cc1C(=O)N(C(C)C)[C@@H]1CCCNC1. The lowest BCUT2D eigenvalue weighted by Crippen LogP contribution is -2.51. The number of likely N-dealkylation sites (N-methyl/N-ethyl adjacent to an activating group) is 1. The van der Waals surface area contributed by atoms with Gasteiger partial charge in [0, 0.05) is 50.2 Å². The van der Waals surface area contributed by atoms with Crippen molar-refractivity contribution in [3.63, 3.8) is 0 Å². The molecule has 2 aliphatic rings. The molecule has 1 aromatic carbocycles. The molecule has 1 heterocycles. The first kappa shape index (κ1) is 27.0. The van der Waals surface area contributed by atoms with Crippen LogP contribution in [0.25, 0.3) is 0 Å². The summed E-state index contributed by atoms with van der Waals surface area (Å²) in [5.41, 5.74) is 1.15. The van der Waals surface area contributed by atoms with Gasteiger partial charge in [-0.05, 0) is 84.5 Å². The van der Waals surface area contributed by atoms with Crippen molar-refractivity contribution in [3.05, 3.63) is 23.3 Å². The van der Waals surface area contributed by atoms with E-state index in [-0.39, 0.29) is 29.8 Å². The number of carbonyl (C=O) groups excluding carboxylic acids is 3. The van der Waals surface area contributed by atoms with E-state index in [1.54, 1.807) is 13.8 Å². The summed E-state index contributed by atoms with van der Waals surface area (Å²) in [6, 6.07) is 3.95. The minimum atomic E-state index is -1.01. The molecule has 3 rings (SSSR count). The third-order valence-corrected chi connectivity index (χ3v) is 6.75. The third kappa shape index (κ3) is 6.97. The summed E-state index contributed by atoms with van der Waals surface area (Å²) in [5, 5.41) is 6.41. The maximum Gasteiger partial charge on any atom is 0.254 e. The number of carbonyl (C=O) groups is 3. The Bertz CT molecular complexity index is 920. The van der Waals surface area contributed by atoms with Crippen molar-refractivity contribution >= 4 is 23.8 Å². The molecule has 1 aliphatic heterocycles. The predicted molar refractivity (Wildman–Crippen MR) is 138 cm³/mol. The van der Waals surface area contributed by atoms with Crippen molar-refractivity contribution in [3.8, 4) is 5.75 Å². The second kappa shape index (κ2) is 11.4. The monoisotopic (exact) mass is 486 g/mol. The first-order valence-electron chi connectivity index (χ1n) is 12.9. The second-order valence-electron chi connectivity index (χ2n) is 10.8. The second-order valence-corrected chi connectivity index (χ2v) is 10.8. The Hall–Kier alpha value is -2.61. The highest BCUT2D eigenvalue weighted by Crippen LogP contribution is 2.35. The van der Waals surface area contributed by atoms with Gasteiger partial charge in [0.05, 0.1) is 5.69 Å². The molecule has 2 fully saturated rings. The molecule has 194 valence electrons. The summed E-state index contributed by atoms with van der Waals surface area (Å²) in [7, 11) is 1.91. The molecule has 2 N–H and O–H groups in total. The maximum absolute atomic E-state index is 13.8. The summed E-state index contributed by atoms with van der Waals surface area (Å²) in [6.07, 6.45) is 4.74. The fourth-order valence-corrected chi connectivity index (χ4v) is 4.58. The first-order chi connectivity index (χ1) is 16.5. The van der Waals surface area contributed by atoms with Crippen LogP contribution >= 0.6 is 0 Å². The van der Waals surface area contributed by atoms with E-state index in [4.69, 9.17) is 4.74 Å². The highest BCUT2D eigenvalue weighted by molar-refractivity contribution is 5.97. The van der Waals surface area contributed by atoms with Crippen LogP contribution in [0.1, 0.15) is 69.3 Å². The van der Waals surface area contributed by atoms with E-state index in [1.807, 2.05) is 35.9 Å². The largest absolute Gasteiger partial charge is 0.478 e. The van der Waals surface area contributed by atoms with E-state index in [9.17, 15) is 14.4 Å². The standard InChI is InChI=1S/C27H42N4O4/c1-18(2)31(21-8-7-11-28-16-21)26(34)22-15-23(24(14-19(22)3)35-27(4,5)17-32)30(6)13-12-29-25(33)20-9-10-20/h14-15,17-18,20-21,28H,7-13,16H2,1-6H3,(H,29,33)/t21-/m1/s1. The molecule has 8 heteroatoms. The first-order valence-corrected chi connectivity index (χ1v) is 12.9. The zero-order valence-electron chi connectivity index (χ0n) is 22.1. The zero-order chi connectivity index (χ0) is 25.8. The average Bonchev–Trinajstić information content (AvgIpc) is 3.65. The normalized spacial score (nSPS) is 18.2.